The summed E-state index contributed by atoms with van der Waals surface area (Å²) in [6.45, 7) is 3.48. The predicted molar refractivity (Wildman–Crippen MR) is 87.1 cm³/mol. The van der Waals surface area contributed by atoms with Crippen LogP contribution in [0.25, 0.3) is 11.7 Å². The number of halogens is 3. The van der Waals surface area contributed by atoms with E-state index >= 15 is 0 Å². The van der Waals surface area contributed by atoms with Crippen LogP contribution in [0.4, 0.5) is 13.2 Å². The Morgan fingerprint density at radius 3 is 2.81 bits per heavy atom. The van der Waals surface area contributed by atoms with Gasteiger partial charge < -0.3 is 5.32 Å². The second-order valence-electron chi connectivity index (χ2n) is 5.57. The minimum absolute atomic E-state index is 0.152. The monoisotopic (exact) mass is 364 g/mol. The van der Waals surface area contributed by atoms with Gasteiger partial charge in [0, 0.05) is 12.7 Å². The van der Waals surface area contributed by atoms with Crippen LogP contribution in [0.5, 0.6) is 0 Å². The number of fused-ring (bicyclic) bond motifs is 1. The minimum Gasteiger partial charge on any atom is -0.346 e. The highest BCUT2D eigenvalue weighted by Crippen LogP contribution is 2.20. The quantitative estimate of drug-likeness (QED) is 0.729. The van der Waals surface area contributed by atoms with Crippen molar-refractivity contribution in [2.75, 3.05) is 0 Å². The van der Waals surface area contributed by atoms with Gasteiger partial charge in [0.2, 0.25) is 0 Å². The molecule has 1 N–H and O–H groups in total. The van der Waals surface area contributed by atoms with Crippen LogP contribution in [0.2, 0.25) is 0 Å². The summed E-state index contributed by atoms with van der Waals surface area (Å²) >= 11 is 0. The number of carbonyl (C=O) groups excluding carboxylic acids is 1. The number of aryl methyl sites for hydroxylation is 1. The predicted octanol–water partition coefficient (Wildman–Crippen LogP) is 2.45. The lowest BCUT2D eigenvalue weighted by molar-refractivity contribution is -0.137. The van der Waals surface area contributed by atoms with Gasteiger partial charge in [-0.3, -0.25) is 9.48 Å². The summed E-state index contributed by atoms with van der Waals surface area (Å²) in [6.07, 6.45) is 2.21. The molecule has 0 fully saturated rings. The fourth-order valence-electron chi connectivity index (χ4n) is 2.25. The van der Waals surface area contributed by atoms with Gasteiger partial charge in [0.1, 0.15) is 0 Å². The van der Waals surface area contributed by atoms with Crippen LogP contribution in [0, 0.1) is 0 Å². The zero-order valence-corrected chi connectivity index (χ0v) is 13.6. The van der Waals surface area contributed by atoms with E-state index in [1.807, 2.05) is 0 Å². The number of aromatic nitrogens is 5. The molecule has 3 rings (SSSR count). The van der Waals surface area contributed by atoms with Crippen LogP contribution in [-0.2, 0) is 13.1 Å². The minimum atomic E-state index is -4.27. The maximum absolute atomic E-state index is 12.2. The molecule has 26 heavy (non-hydrogen) atoms. The summed E-state index contributed by atoms with van der Waals surface area (Å²) in [5.41, 5.74) is 2.22. The third-order valence-electron chi connectivity index (χ3n) is 3.58. The smallest absolute Gasteiger partial charge is 0.346 e. The summed E-state index contributed by atoms with van der Waals surface area (Å²) in [5.74, 6) is -0.444. The van der Waals surface area contributed by atoms with E-state index in [4.69, 9.17) is 0 Å². The molecule has 0 bridgehead atoms. The summed E-state index contributed by atoms with van der Waals surface area (Å²) in [5, 5.41) is 10.6. The Balaban J connectivity index is 1.60. The molecule has 0 saturated heterocycles. The standard InChI is InChI=1S/C16H15F3N6O/c1-2-11-5-14-23-13(10-25(14)22-6-11)8-20-15(26)12-7-21-24(9-12)4-3-16(17,18)19/h2,5-7,9-10H,1,3-4,8H2,(H,20,26). The number of hydrogen-bond donors (Lipinski definition) is 1. The van der Waals surface area contributed by atoms with Gasteiger partial charge in [0.05, 0.1) is 42.8 Å². The lowest BCUT2D eigenvalue weighted by atomic mass is 10.3. The first-order chi connectivity index (χ1) is 12.3. The molecule has 136 valence electrons. The Morgan fingerprint density at radius 2 is 2.08 bits per heavy atom. The Labute approximate surface area is 146 Å². The zero-order valence-electron chi connectivity index (χ0n) is 13.6. The van der Waals surface area contributed by atoms with E-state index in [1.54, 1.807) is 29.1 Å². The van der Waals surface area contributed by atoms with Crippen LogP contribution < -0.4 is 5.32 Å². The molecule has 7 nitrogen and oxygen atoms in total. The van der Waals surface area contributed by atoms with E-state index in [0.717, 1.165) is 10.2 Å². The second-order valence-corrected chi connectivity index (χ2v) is 5.57. The Morgan fingerprint density at radius 1 is 1.27 bits per heavy atom. The van der Waals surface area contributed by atoms with Crippen molar-refractivity contribution >= 4 is 17.6 Å². The molecule has 3 aromatic rings. The normalized spacial score (nSPS) is 11.7. The molecule has 1 amide bonds. The molecule has 0 aliphatic heterocycles. The number of imidazole rings is 1. The van der Waals surface area contributed by atoms with Gasteiger partial charge in [-0.2, -0.15) is 23.4 Å². The van der Waals surface area contributed by atoms with Crippen LogP contribution in [-0.4, -0.2) is 36.5 Å². The van der Waals surface area contributed by atoms with Gasteiger partial charge in [-0.15, -0.1) is 0 Å². The van der Waals surface area contributed by atoms with Gasteiger partial charge in [0.25, 0.3) is 5.91 Å². The molecule has 0 unspecified atom stereocenters. The maximum Gasteiger partial charge on any atom is 0.390 e. The van der Waals surface area contributed by atoms with Crippen molar-refractivity contribution in [2.24, 2.45) is 0 Å². The lowest BCUT2D eigenvalue weighted by Gasteiger charge is -2.05. The molecule has 0 radical (unpaired) electrons. The first-order valence-corrected chi connectivity index (χ1v) is 7.68. The Hall–Kier alpha value is -3.17. The number of alkyl halides is 3. The van der Waals surface area contributed by atoms with Crippen molar-refractivity contribution in [1.82, 2.24) is 29.7 Å². The SMILES string of the molecule is C=Cc1cnn2cc(CNC(=O)c3cnn(CCC(F)(F)F)c3)nc2c1. The number of hydrogen-bond acceptors (Lipinski definition) is 4. The number of rotatable bonds is 6. The average molecular weight is 364 g/mol. The molecule has 10 heteroatoms. The van der Waals surface area contributed by atoms with Crippen molar-refractivity contribution in [1.29, 1.82) is 0 Å². The van der Waals surface area contributed by atoms with E-state index in [0.29, 0.717) is 11.3 Å². The van der Waals surface area contributed by atoms with Gasteiger partial charge in [-0.05, 0) is 11.6 Å². The number of nitrogens with zero attached hydrogens (tertiary/aromatic N) is 5. The molecule has 0 saturated carbocycles. The largest absolute Gasteiger partial charge is 0.390 e. The average Bonchev–Trinajstić information content (AvgIpc) is 3.23. The van der Waals surface area contributed by atoms with Crippen molar-refractivity contribution in [3.05, 3.63) is 54.3 Å². The molecule has 0 atom stereocenters. The molecule has 0 spiro atoms. The first-order valence-electron chi connectivity index (χ1n) is 7.68. The number of carbonyl (C=O) groups is 1. The van der Waals surface area contributed by atoms with Gasteiger partial charge in [0.15, 0.2) is 5.65 Å². The molecule has 3 aromatic heterocycles. The number of amides is 1. The highest BCUT2D eigenvalue weighted by molar-refractivity contribution is 5.93. The van der Waals surface area contributed by atoms with Crippen LogP contribution in [0.1, 0.15) is 28.0 Å². The fourth-order valence-corrected chi connectivity index (χ4v) is 2.25. The molecule has 0 aromatic carbocycles. The van der Waals surface area contributed by atoms with Crippen molar-refractivity contribution < 1.29 is 18.0 Å². The van der Waals surface area contributed by atoms with Crippen molar-refractivity contribution in [3.63, 3.8) is 0 Å². The van der Waals surface area contributed by atoms with Gasteiger partial charge in [-0.1, -0.05) is 12.7 Å². The Bertz CT molecular complexity index is 943. The van der Waals surface area contributed by atoms with Crippen LogP contribution >= 0.6 is 0 Å². The second kappa shape index (κ2) is 6.98. The highest BCUT2D eigenvalue weighted by Gasteiger charge is 2.26. The molecule has 3 heterocycles. The fraction of sp³-hybridized carbons (Fsp3) is 0.250. The van der Waals surface area contributed by atoms with E-state index in [-0.39, 0.29) is 18.7 Å². The van der Waals surface area contributed by atoms with E-state index in [9.17, 15) is 18.0 Å². The van der Waals surface area contributed by atoms with Crippen molar-refractivity contribution in [2.45, 2.75) is 25.7 Å². The van der Waals surface area contributed by atoms with Gasteiger partial charge >= 0.3 is 6.18 Å². The third kappa shape index (κ3) is 4.26. The zero-order chi connectivity index (χ0) is 18.7. The summed E-state index contributed by atoms with van der Waals surface area (Å²) in [7, 11) is 0. The Kier molecular flexibility index (Phi) is 4.74. The molecular formula is C16H15F3N6O. The summed E-state index contributed by atoms with van der Waals surface area (Å²) in [4.78, 5) is 16.4. The topological polar surface area (TPSA) is 77.1 Å². The lowest BCUT2D eigenvalue weighted by Crippen LogP contribution is -2.22. The highest BCUT2D eigenvalue weighted by atomic mass is 19.4. The summed E-state index contributed by atoms with van der Waals surface area (Å²) < 4.78 is 39.3. The molecular weight excluding hydrogens is 349 g/mol. The third-order valence-corrected chi connectivity index (χ3v) is 3.58. The van der Waals surface area contributed by atoms with Gasteiger partial charge in [-0.25, -0.2) is 9.50 Å². The molecule has 0 aliphatic rings. The van der Waals surface area contributed by atoms with Crippen molar-refractivity contribution in [3.8, 4) is 0 Å². The van der Waals surface area contributed by atoms with E-state index in [2.05, 4.69) is 27.1 Å². The number of nitrogens with one attached hydrogen (secondary N) is 1. The summed E-state index contributed by atoms with van der Waals surface area (Å²) in [6, 6.07) is 1.80. The van der Waals surface area contributed by atoms with Crippen LogP contribution in [0.3, 0.4) is 0 Å². The van der Waals surface area contributed by atoms with Crippen LogP contribution in [0.15, 0.2) is 37.4 Å². The molecule has 0 aliphatic carbocycles. The maximum atomic E-state index is 12.2. The van der Waals surface area contributed by atoms with E-state index in [1.165, 1.54) is 12.4 Å². The van der Waals surface area contributed by atoms with E-state index < -0.39 is 18.5 Å². The first kappa shape index (κ1) is 17.6.